The smallest absolute Gasteiger partial charge is 0.328 e. The predicted octanol–water partition coefficient (Wildman–Crippen LogP) is 3.09. The first-order chi connectivity index (χ1) is 9.63. The number of unbranched alkanes of at least 4 members (excludes halogenated alkanes) is 3. The van der Waals surface area contributed by atoms with Crippen LogP contribution in [0.15, 0.2) is 30.3 Å². The van der Waals surface area contributed by atoms with E-state index in [0.29, 0.717) is 17.7 Å². The number of rotatable bonds is 8. The fraction of sp³-hybridized carbons (Fsp3) is 0.375. The van der Waals surface area contributed by atoms with Gasteiger partial charge in [-0.2, -0.15) is 0 Å². The average Bonchev–Trinajstić information content (AvgIpc) is 2.45. The summed E-state index contributed by atoms with van der Waals surface area (Å²) in [5.41, 5.74) is 1.25. The van der Waals surface area contributed by atoms with E-state index in [1.807, 2.05) is 0 Å². The molecule has 0 aliphatic carbocycles. The van der Waals surface area contributed by atoms with Gasteiger partial charge in [0.25, 0.3) is 5.91 Å². The summed E-state index contributed by atoms with van der Waals surface area (Å²) in [6, 6.07) is 6.91. The van der Waals surface area contributed by atoms with Gasteiger partial charge in [-0.3, -0.25) is 4.79 Å². The van der Waals surface area contributed by atoms with Gasteiger partial charge in [0.2, 0.25) is 0 Å². The maximum atomic E-state index is 11.9. The molecular weight excluding hydrogens is 254 g/mol. The van der Waals surface area contributed by atoms with Crippen molar-refractivity contribution in [2.45, 2.75) is 32.6 Å². The number of hydrogen-bond donors (Lipinski definition) is 2. The van der Waals surface area contributed by atoms with Crippen molar-refractivity contribution >= 4 is 18.0 Å². The van der Waals surface area contributed by atoms with Crippen molar-refractivity contribution in [3.8, 4) is 0 Å². The zero-order valence-electron chi connectivity index (χ0n) is 11.8. The molecule has 0 aliphatic rings. The van der Waals surface area contributed by atoms with Crippen LogP contribution in [0.3, 0.4) is 0 Å². The molecule has 0 heterocycles. The lowest BCUT2D eigenvalue weighted by Crippen LogP contribution is -2.24. The Morgan fingerprint density at radius 3 is 2.75 bits per heavy atom. The molecule has 0 atom stereocenters. The Bertz CT molecular complexity index is 480. The van der Waals surface area contributed by atoms with Crippen molar-refractivity contribution in [3.63, 3.8) is 0 Å². The van der Waals surface area contributed by atoms with Crippen LogP contribution in [0.25, 0.3) is 6.08 Å². The van der Waals surface area contributed by atoms with E-state index >= 15 is 0 Å². The molecule has 0 bridgehead atoms. The molecule has 0 unspecified atom stereocenters. The summed E-state index contributed by atoms with van der Waals surface area (Å²) in [5, 5.41) is 11.4. The lowest BCUT2D eigenvalue weighted by molar-refractivity contribution is -0.131. The molecule has 0 fully saturated rings. The third-order valence-electron chi connectivity index (χ3n) is 2.88. The SMILES string of the molecule is CCCCCCNC(=O)c1cccc(C=CC(=O)O)c1. The third kappa shape index (κ3) is 6.18. The van der Waals surface area contributed by atoms with Crippen LogP contribution in [0.4, 0.5) is 0 Å². The minimum Gasteiger partial charge on any atom is -0.478 e. The van der Waals surface area contributed by atoms with Gasteiger partial charge in [-0.05, 0) is 30.2 Å². The number of carboxylic acid groups (broad SMARTS) is 1. The number of carbonyl (C=O) groups is 2. The van der Waals surface area contributed by atoms with Crippen LogP contribution in [0.5, 0.6) is 0 Å². The van der Waals surface area contributed by atoms with Crippen LogP contribution in [0.2, 0.25) is 0 Å². The largest absolute Gasteiger partial charge is 0.478 e. The standard InChI is InChI=1S/C16H21NO3/c1-2-3-4-5-11-17-16(20)14-8-6-7-13(12-14)9-10-15(18)19/h6-10,12H,2-5,11H2,1H3,(H,17,20)(H,18,19). The quantitative estimate of drug-likeness (QED) is 0.566. The van der Waals surface area contributed by atoms with Gasteiger partial charge in [-0.1, -0.05) is 38.3 Å². The van der Waals surface area contributed by atoms with E-state index < -0.39 is 5.97 Å². The van der Waals surface area contributed by atoms with Crippen molar-refractivity contribution < 1.29 is 14.7 Å². The number of amides is 1. The van der Waals surface area contributed by atoms with Crippen molar-refractivity contribution in [3.05, 3.63) is 41.5 Å². The van der Waals surface area contributed by atoms with E-state index in [9.17, 15) is 9.59 Å². The Morgan fingerprint density at radius 1 is 1.25 bits per heavy atom. The molecule has 1 amide bonds. The summed E-state index contributed by atoms with van der Waals surface area (Å²) in [6.45, 7) is 2.82. The summed E-state index contributed by atoms with van der Waals surface area (Å²) >= 11 is 0. The van der Waals surface area contributed by atoms with Gasteiger partial charge in [0.1, 0.15) is 0 Å². The van der Waals surface area contributed by atoms with Crippen molar-refractivity contribution in [2.24, 2.45) is 0 Å². The van der Waals surface area contributed by atoms with Crippen LogP contribution in [-0.4, -0.2) is 23.5 Å². The maximum Gasteiger partial charge on any atom is 0.328 e. The van der Waals surface area contributed by atoms with Gasteiger partial charge in [0.05, 0.1) is 0 Å². The van der Waals surface area contributed by atoms with E-state index in [1.165, 1.54) is 18.9 Å². The number of carbonyl (C=O) groups excluding carboxylic acids is 1. The van der Waals surface area contributed by atoms with E-state index in [2.05, 4.69) is 12.2 Å². The van der Waals surface area contributed by atoms with Crippen LogP contribution >= 0.6 is 0 Å². The van der Waals surface area contributed by atoms with Gasteiger partial charge < -0.3 is 10.4 Å². The van der Waals surface area contributed by atoms with Gasteiger partial charge in [-0.25, -0.2) is 4.79 Å². The van der Waals surface area contributed by atoms with Gasteiger partial charge >= 0.3 is 5.97 Å². The molecule has 1 aromatic carbocycles. The van der Waals surface area contributed by atoms with E-state index in [0.717, 1.165) is 18.9 Å². The van der Waals surface area contributed by atoms with Gasteiger partial charge in [-0.15, -0.1) is 0 Å². The number of nitrogens with one attached hydrogen (secondary N) is 1. The molecule has 1 rings (SSSR count). The predicted molar refractivity (Wildman–Crippen MR) is 79.6 cm³/mol. The van der Waals surface area contributed by atoms with Crippen LogP contribution in [0.1, 0.15) is 48.5 Å². The summed E-state index contributed by atoms with van der Waals surface area (Å²) < 4.78 is 0. The fourth-order valence-electron chi connectivity index (χ4n) is 1.81. The Hall–Kier alpha value is -2.10. The summed E-state index contributed by atoms with van der Waals surface area (Å²) in [5.74, 6) is -1.12. The first-order valence-corrected chi connectivity index (χ1v) is 6.92. The Balaban J connectivity index is 2.51. The summed E-state index contributed by atoms with van der Waals surface area (Å²) in [7, 11) is 0. The van der Waals surface area contributed by atoms with Crippen molar-refractivity contribution in [2.75, 3.05) is 6.54 Å². The highest BCUT2D eigenvalue weighted by atomic mass is 16.4. The Labute approximate surface area is 119 Å². The molecule has 108 valence electrons. The lowest BCUT2D eigenvalue weighted by Gasteiger charge is -2.05. The second-order valence-electron chi connectivity index (χ2n) is 4.61. The number of carboxylic acids is 1. The van der Waals surface area contributed by atoms with Crippen molar-refractivity contribution in [1.82, 2.24) is 5.32 Å². The molecule has 0 saturated heterocycles. The monoisotopic (exact) mass is 275 g/mol. The molecule has 4 nitrogen and oxygen atoms in total. The van der Waals surface area contributed by atoms with E-state index in [-0.39, 0.29) is 5.91 Å². The zero-order valence-corrected chi connectivity index (χ0v) is 11.8. The van der Waals surface area contributed by atoms with Gasteiger partial charge in [0, 0.05) is 18.2 Å². The second kappa shape index (κ2) is 8.91. The first-order valence-electron chi connectivity index (χ1n) is 6.92. The van der Waals surface area contributed by atoms with Crippen LogP contribution < -0.4 is 5.32 Å². The first kappa shape index (κ1) is 16.0. The molecule has 0 aromatic heterocycles. The average molecular weight is 275 g/mol. The molecule has 0 spiro atoms. The highest BCUT2D eigenvalue weighted by Gasteiger charge is 2.04. The van der Waals surface area contributed by atoms with E-state index in [4.69, 9.17) is 5.11 Å². The third-order valence-corrected chi connectivity index (χ3v) is 2.88. The summed E-state index contributed by atoms with van der Waals surface area (Å²) in [6.07, 6.45) is 7.00. The van der Waals surface area contributed by atoms with E-state index in [1.54, 1.807) is 24.3 Å². The van der Waals surface area contributed by atoms with Crippen LogP contribution in [-0.2, 0) is 4.79 Å². The molecule has 0 radical (unpaired) electrons. The molecule has 0 saturated carbocycles. The highest BCUT2D eigenvalue weighted by Crippen LogP contribution is 2.07. The van der Waals surface area contributed by atoms with Gasteiger partial charge in [0.15, 0.2) is 0 Å². The lowest BCUT2D eigenvalue weighted by atomic mass is 10.1. The fourth-order valence-corrected chi connectivity index (χ4v) is 1.81. The Kier molecular flexibility index (Phi) is 7.11. The molecule has 20 heavy (non-hydrogen) atoms. The topological polar surface area (TPSA) is 66.4 Å². The molecule has 4 heteroatoms. The minimum atomic E-state index is -1.00. The zero-order chi connectivity index (χ0) is 14.8. The van der Waals surface area contributed by atoms with Crippen molar-refractivity contribution in [1.29, 1.82) is 0 Å². The second-order valence-corrected chi connectivity index (χ2v) is 4.61. The summed E-state index contributed by atoms with van der Waals surface area (Å²) in [4.78, 5) is 22.4. The minimum absolute atomic E-state index is 0.118. The molecule has 0 aliphatic heterocycles. The molecular formula is C16H21NO3. The number of aliphatic carboxylic acids is 1. The molecule has 1 aromatic rings. The normalized spacial score (nSPS) is 10.7. The maximum absolute atomic E-state index is 11.9. The highest BCUT2D eigenvalue weighted by molar-refractivity contribution is 5.95. The van der Waals surface area contributed by atoms with Crippen LogP contribution in [0, 0.1) is 0 Å². The number of hydrogen-bond acceptors (Lipinski definition) is 2. The Morgan fingerprint density at radius 2 is 2.05 bits per heavy atom. The molecule has 2 N–H and O–H groups in total. The number of benzene rings is 1.